The summed E-state index contributed by atoms with van der Waals surface area (Å²) < 4.78 is 27.6. The lowest BCUT2D eigenvalue weighted by molar-refractivity contribution is -0.158. The lowest BCUT2D eigenvalue weighted by atomic mass is 10.0. The summed E-state index contributed by atoms with van der Waals surface area (Å²) in [5.74, 6) is -3.56. The van der Waals surface area contributed by atoms with Crippen LogP contribution in [0.1, 0.15) is 37.0 Å². The molecule has 10 heteroatoms. The fraction of sp³-hybridized carbons (Fsp3) is 0.464. The zero-order chi connectivity index (χ0) is 27.8. The Morgan fingerprint density at radius 3 is 2.39 bits per heavy atom. The Balaban J connectivity index is 1.68. The third kappa shape index (κ3) is 7.82. The van der Waals surface area contributed by atoms with Crippen LogP contribution in [0.25, 0.3) is 0 Å². The summed E-state index contributed by atoms with van der Waals surface area (Å²) in [6.45, 7) is 4.38. The Kier molecular flexibility index (Phi) is 10.3. The average molecular weight is 531 g/mol. The van der Waals surface area contributed by atoms with E-state index in [0.29, 0.717) is 13.0 Å². The minimum Gasteiger partial charge on any atom is -0.390 e. The molecule has 0 bridgehead atoms. The van der Waals surface area contributed by atoms with Gasteiger partial charge in [0.2, 0.25) is 5.91 Å². The molecule has 2 aromatic rings. The third-order valence-electron chi connectivity index (χ3n) is 6.85. The highest BCUT2D eigenvalue weighted by Gasteiger charge is 2.37. The van der Waals surface area contributed by atoms with Crippen molar-refractivity contribution in [3.8, 4) is 0 Å². The van der Waals surface area contributed by atoms with Crippen LogP contribution in [0.3, 0.4) is 0 Å². The second-order valence-corrected chi connectivity index (χ2v) is 9.69. The minimum absolute atomic E-state index is 0.0399. The summed E-state index contributed by atoms with van der Waals surface area (Å²) >= 11 is 0. The van der Waals surface area contributed by atoms with Crippen molar-refractivity contribution in [3.63, 3.8) is 0 Å². The van der Waals surface area contributed by atoms with Crippen LogP contribution in [-0.4, -0.2) is 77.5 Å². The number of aryl methyl sites for hydroxylation is 1. The number of hydrogen-bond acceptors (Lipinski definition) is 5. The SMILES string of the molecule is CCc1cccc(CNC[C@@H](O)[C@H](Cc2cc(F)cc(F)c2)NC(=O)CN2C[C@H](CC)N(C)C(=O)C2=O)c1. The van der Waals surface area contributed by atoms with Crippen LogP contribution in [0, 0.1) is 11.6 Å². The molecule has 1 aliphatic rings. The second-order valence-electron chi connectivity index (χ2n) is 9.69. The van der Waals surface area contributed by atoms with Crippen molar-refractivity contribution in [2.24, 2.45) is 0 Å². The van der Waals surface area contributed by atoms with Gasteiger partial charge in [0.15, 0.2) is 0 Å². The van der Waals surface area contributed by atoms with Crippen LogP contribution in [0.15, 0.2) is 42.5 Å². The Hall–Kier alpha value is -3.37. The van der Waals surface area contributed by atoms with E-state index in [4.69, 9.17) is 0 Å². The highest BCUT2D eigenvalue weighted by Crippen LogP contribution is 2.15. The predicted molar refractivity (Wildman–Crippen MR) is 139 cm³/mol. The third-order valence-corrected chi connectivity index (χ3v) is 6.85. The van der Waals surface area contributed by atoms with E-state index in [1.54, 1.807) is 7.05 Å². The molecule has 0 radical (unpaired) electrons. The smallest absolute Gasteiger partial charge is 0.312 e. The number of halogens is 2. The fourth-order valence-electron chi connectivity index (χ4n) is 4.61. The van der Waals surface area contributed by atoms with Gasteiger partial charge in [-0.05, 0) is 48.1 Å². The average Bonchev–Trinajstić information content (AvgIpc) is 2.88. The molecule has 1 saturated heterocycles. The van der Waals surface area contributed by atoms with Crippen molar-refractivity contribution in [1.82, 2.24) is 20.4 Å². The van der Waals surface area contributed by atoms with E-state index in [1.807, 2.05) is 25.1 Å². The molecule has 206 valence electrons. The van der Waals surface area contributed by atoms with Crippen molar-refractivity contribution < 1.29 is 28.3 Å². The molecule has 0 aliphatic carbocycles. The Labute approximate surface area is 222 Å². The molecule has 0 unspecified atom stereocenters. The van der Waals surface area contributed by atoms with E-state index < -0.39 is 41.5 Å². The number of aliphatic hydroxyl groups excluding tert-OH is 1. The number of nitrogens with one attached hydrogen (secondary N) is 2. The zero-order valence-corrected chi connectivity index (χ0v) is 22.0. The molecule has 2 aromatic carbocycles. The van der Waals surface area contributed by atoms with Gasteiger partial charge in [0.1, 0.15) is 18.2 Å². The molecule has 0 spiro atoms. The summed E-state index contributed by atoms with van der Waals surface area (Å²) in [6, 6.07) is 9.94. The van der Waals surface area contributed by atoms with Crippen LogP contribution in [0.5, 0.6) is 0 Å². The highest BCUT2D eigenvalue weighted by atomic mass is 19.1. The van der Waals surface area contributed by atoms with Crippen LogP contribution < -0.4 is 10.6 Å². The molecule has 3 N–H and O–H groups in total. The fourth-order valence-corrected chi connectivity index (χ4v) is 4.61. The first-order valence-electron chi connectivity index (χ1n) is 12.9. The molecule has 3 atom stereocenters. The number of likely N-dealkylation sites (N-methyl/N-ethyl adjacent to an activating group) is 1. The van der Waals surface area contributed by atoms with Crippen molar-refractivity contribution in [1.29, 1.82) is 0 Å². The van der Waals surface area contributed by atoms with Gasteiger partial charge < -0.3 is 25.5 Å². The summed E-state index contributed by atoms with van der Waals surface area (Å²) in [6.07, 6.45) is 0.372. The molecule has 0 aromatic heterocycles. The molecule has 38 heavy (non-hydrogen) atoms. The normalized spacial score (nSPS) is 17.5. The largest absolute Gasteiger partial charge is 0.390 e. The summed E-state index contributed by atoms with van der Waals surface area (Å²) in [5, 5.41) is 16.8. The maximum Gasteiger partial charge on any atom is 0.312 e. The number of amides is 3. The minimum atomic E-state index is -1.10. The number of rotatable bonds is 12. The van der Waals surface area contributed by atoms with Gasteiger partial charge >= 0.3 is 11.8 Å². The van der Waals surface area contributed by atoms with Gasteiger partial charge in [0.05, 0.1) is 12.1 Å². The monoisotopic (exact) mass is 530 g/mol. The first kappa shape index (κ1) is 29.2. The summed E-state index contributed by atoms with van der Waals surface area (Å²) in [5.41, 5.74) is 2.48. The molecular weight excluding hydrogens is 494 g/mol. The van der Waals surface area contributed by atoms with Crippen LogP contribution in [0.2, 0.25) is 0 Å². The topological polar surface area (TPSA) is 102 Å². The van der Waals surface area contributed by atoms with E-state index in [2.05, 4.69) is 23.6 Å². The second kappa shape index (κ2) is 13.4. The molecule has 1 aliphatic heterocycles. The molecule has 0 saturated carbocycles. The predicted octanol–water partition coefficient (Wildman–Crippen LogP) is 1.78. The summed E-state index contributed by atoms with van der Waals surface area (Å²) in [4.78, 5) is 40.2. The zero-order valence-electron chi connectivity index (χ0n) is 22.0. The Bertz CT molecular complexity index is 1130. The number of nitrogens with zero attached hydrogens (tertiary/aromatic N) is 2. The molecule has 3 amide bonds. The lowest BCUT2D eigenvalue weighted by Gasteiger charge is -2.38. The molecular formula is C28H36F2N4O4. The Morgan fingerprint density at radius 2 is 1.74 bits per heavy atom. The molecule has 1 fully saturated rings. The van der Waals surface area contributed by atoms with E-state index in [0.717, 1.165) is 30.2 Å². The van der Waals surface area contributed by atoms with E-state index in [9.17, 15) is 28.3 Å². The van der Waals surface area contributed by atoms with Crippen molar-refractivity contribution >= 4 is 17.7 Å². The van der Waals surface area contributed by atoms with Gasteiger partial charge in [-0.1, -0.05) is 38.1 Å². The van der Waals surface area contributed by atoms with Gasteiger partial charge in [0.25, 0.3) is 0 Å². The number of aliphatic hydroxyl groups is 1. The quantitative estimate of drug-likeness (QED) is 0.363. The number of benzene rings is 2. The highest BCUT2D eigenvalue weighted by molar-refractivity contribution is 6.35. The summed E-state index contributed by atoms with van der Waals surface area (Å²) in [7, 11) is 1.56. The van der Waals surface area contributed by atoms with Gasteiger partial charge in [-0.3, -0.25) is 14.4 Å². The van der Waals surface area contributed by atoms with Crippen molar-refractivity contribution in [2.45, 2.75) is 57.8 Å². The lowest BCUT2D eigenvalue weighted by Crippen LogP contribution is -2.60. The van der Waals surface area contributed by atoms with E-state index in [-0.39, 0.29) is 37.7 Å². The van der Waals surface area contributed by atoms with Gasteiger partial charge in [-0.25, -0.2) is 8.78 Å². The first-order chi connectivity index (χ1) is 18.1. The maximum absolute atomic E-state index is 13.8. The number of piperazine rings is 1. The maximum atomic E-state index is 13.8. The van der Waals surface area contributed by atoms with Gasteiger partial charge in [0, 0.05) is 38.8 Å². The molecule has 3 rings (SSSR count). The van der Waals surface area contributed by atoms with Gasteiger partial charge in [-0.15, -0.1) is 0 Å². The number of hydrogen-bond donors (Lipinski definition) is 3. The molecule has 8 nitrogen and oxygen atoms in total. The number of carbonyl (C=O) groups is 3. The standard InChI is InChI=1S/C28H36F2N4O4/c1-4-18-7-6-8-19(9-18)14-31-15-25(35)24(12-20-10-21(29)13-22(30)11-20)32-26(36)17-34-16-23(5-2)33(3)27(37)28(34)38/h6-11,13,23-25,31,35H,4-5,12,14-17H2,1-3H3,(H,32,36)/t23-,24-,25+/m0/s1. The molecule has 1 heterocycles. The van der Waals surface area contributed by atoms with Crippen molar-refractivity contribution in [3.05, 3.63) is 70.8 Å². The Morgan fingerprint density at radius 1 is 1.05 bits per heavy atom. The first-order valence-corrected chi connectivity index (χ1v) is 12.9. The van der Waals surface area contributed by atoms with Crippen LogP contribution >= 0.6 is 0 Å². The van der Waals surface area contributed by atoms with Gasteiger partial charge in [-0.2, -0.15) is 0 Å². The van der Waals surface area contributed by atoms with Crippen molar-refractivity contribution in [2.75, 3.05) is 26.7 Å². The van der Waals surface area contributed by atoms with Crippen LogP contribution in [-0.2, 0) is 33.8 Å². The van der Waals surface area contributed by atoms with E-state index >= 15 is 0 Å². The number of carbonyl (C=O) groups excluding carboxylic acids is 3. The van der Waals surface area contributed by atoms with E-state index in [1.165, 1.54) is 15.4 Å². The van der Waals surface area contributed by atoms with Crippen LogP contribution in [0.4, 0.5) is 8.78 Å².